The molecular formula is C12H27N3O2S. The highest BCUT2D eigenvalue weighted by Crippen LogP contribution is 2.11. The van der Waals surface area contributed by atoms with Gasteiger partial charge in [-0.2, -0.15) is 0 Å². The molecule has 1 aliphatic rings. The Morgan fingerprint density at radius 1 is 1.22 bits per heavy atom. The molecule has 0 unspecified atom stereocenters. The number of hydrogen-bond donors (Lipinski definition) is 1. The maximum atomic E-state index is 12.2. The van der Waals surface area contributed by atoms with Gasteiger partial charge in [0.25, 0.3) is 0 Å². The van der Waals surface area contributed by atoms with Crippen LogP contribution in [0.5, 0.6) is 0 Å². The maximum Gasteiger partial charge on any atom is 0.215 e. The average molecular weight is 277 g/mol. The predicted octanol–water partition coefficient (Wildman–Crippen LogP) is 0.342. The smallest absolute Gasteiger partial charge is 0.215 e. The van der Waals surface area contributed by atoms with E-state index >= 15 is 0 Å². The van der Waals surface area contributed by atoms with Crippen LogP contribution in [0.1, 0.15) is 26.7 Å². The first-order chi connectivity index (χ1) is 8.51. The second kappa shape index (κ2) is 7.43. The molecule has 6 heteroatoms. The third-order valence-corrected chi connectivity index (χ3v) is 5.64. The molecule has 0 spiro atoms. The zero-order valence-corrected chi connectivity index (χ0v) is 12.7. The molecule has 0 bridgehead atoms. The monoisotopic (exact) mass is 277 g/mol. The summed E-state index contributed by atoms with van der Waals surface area (Å²) in [7, 11) is -1.40. The number of hydrogen-bond acceptors (Lipinski definition) is 4. The van der Waals surface area contributed by atoms with E-state index in [1.54, 1.807) is 11.4 Å². The highest BCUT2D eigenvalue weighted by molar-refractivity contribution is 7.89. The first-order valence-electron chi connectivity index (χ1n) is 6.90. The predicted molar refractivity (Wildman–Crippen MR) is 75.2 cm³/mol. The van der Waals surface area contributed by atoms with E-state index in [4.69, 9.17) is 0 Å². The number of rotatable bonds is 7. The van der Waals surface area contributed by atoms with Crippen LogP contribution in [0.2, 0.25) is 0 Å². The molecule has 1 N–H and O–H groups in total. The summed E-state index contributed by atoms with van der Waals surface area (Å²) in [5.41, 5.74) is 0. The molecule has 1 saturated heterocycles. The number of nitrogens with one attached hydrogen (secondary N) is 1. The minimum Gasteiger partial charge on any atom is -0.314 e. The van der Waals surface area contributed by atoms with Gasteiger partial charge in [0.15, 0.2) is 0 Å². The van der Waals surface area contributed by atoms with Crippen LogP contribution in [-0.4, -0.2) is 69.2 Å². The summed E-state index contributed by atoms with van der Waals surface area (Å²) >= 11 is 0. The fraction of sp³-hybridized carbons (Fsp3) is 1.00. The van der Waals surface area contributed by atoms with Crippen LogP contribution >= 0.6 is 0 Å². The number of piperazine rings is 1. The summed E-state index contributed by atoms with van der Waals surface area (Å²) in [6, 6.07) is 0.137. The van der Waals surface area contributed by atoms with Crippen LogP contribution in [-0.2, 0) is 10.0 Å². The van der Waals surface area contributed by atoms with Crippen LogP contribution in [0, 0.1) is 0 Å². The Bertz CT molecular complexity index is 322. The summed E-state index contributed by atoms with van der Waals surface area (Å²) in [6.45, 7) is 8.54. The second-order valence-electron chi connectivity index (χ2n) is 4.89. The molecule has 0 radical (unpaired) electrons. The molecule has 0 aliphatic carbocycles. The van der Waals surface area contributed by atoms with Gasteiger partial charge >= 0.3 is 0 Å². The van der Waals surface area contributed by atoms with Crippen LogP contribution < -0.4 is 5.32 Å². The number of nitrogens with zero attached hydrogens (tertiary/aromatic N) is 2. The Balaban J connectivity index is 2.47. The van der Waals surface area contributed by atoms with Crippen LogP contribution in [0.15, 0.2) is 0 Å². The zero-order valence-electron chi connectivity index (χ0n) is 11.9. The first kappa shape index (κ1) is 15.9. The van der Waals surface area contributed by atoms with E-state index in [0.29, 0.717) is 6.54 Å². The van der Waals surface area contributed by atoms with Crippen molar-refractivity contribution >= 4 is 10.0 Å². The van der Waals surface area contributed by atoms with Crippen molar-refractivity contribution in [2.45, 2.75) is 32.7 Å². The van der Waals surface area contributed by atoms with E-state index < -0.39 is 10.0 Å². The van der Waals surface area contributed by atoms with Crippen molar-refractivity contribution in [1.29, 1.82) is 0 Å². The van der Waals surface area contributed by atoms with Gasteiger partial charge in [0.05, 0.1) is 5.75 Å². The lowest BCUT2D eigenvalue weighted by Gasteiger charge is -2.29. The Hall–Kier alpha value is -0.170. The maximum absolute atomic E-state index is 12.2. The Morgan fingerprint density at radius 3 is 2.28 bits per heavy atom. The van der Waals surface area contributed by atoms with Crippen molar-refractivity contribution in [3.63, 3.8) is 0 Å². The van der Waals surface area contributed by atoms with Crippen molar-refractivity contribution in [1.82, 2.24) is 14.5 Å². The molecule has 1 heterocycles. The van der Waals surface area contributed by atoms with E-state index in [1.807, 2.05) is 13.8 Å². The third kappa shape index (κ3) is 4.50. The van der Waals surface area contributed by atoms with Crippen LogP contribution in [0.25, 0.3) is 0 Å². The third-order valence-electron chi connectivity index (χ3n) is 3.77. The van der Waals surface area contributed by atoms with Crippen molar-refractivity contribution in [3.8, 4) is 0 Å². The van der Waals surface area contributed by atoms with Gasteiger partial charge in [0, 0.05) is 45.8 Å². The van der Waals surface area contributed by atoms with E-state index in [-0.39, 0.29) is 11.8 Å². The van der Waals surface area contributed by atoms with Gasteiger partial charge < -0.3 is 5.32 Å². The molecule has 5 nitrogen and oxygen atoms in total. The molecule has 0 aromatic carbocycles. The molecule has 108 valence electrons. The molecule has 1 fully saturated rings. The second-order valence-corrected chi connectivity index (χ2v) is 7.04. The summed E-state index contributed by atoms with van der Waals surface area (Å²) in [4.78, 5) is 2.22. The van der Waals surface area contributed by atoms with Gasteiger partial charge in [-0.3, -0.25) is 4.90 Å². The highest BCUT2D eigenvalue weighted by atomic mass is 32.2. The van der Waals surface area contributed by atoms with Gasteiger partial charge in [-0.05, 0) is 12.8 Å². The van der Waals surface area contributed by atoms with Crippen molar-refractivity contribution < 1.29 is 8.42 Å². The lowest BCUT2D eigenvalue weighted by molar-refractivity contribution is 0.251. The van der Waals surface area contributed by atoms with Crippen LogP contribution in [0.3, 0.4) is 0 Å². The molecule has 1 rings (SSSR count). The molecule has 0 aromatic rings. The quantitative estimate of drug-likeness (QED) is 0.729. The molecule has 1 aliphatic heterocycles. The zero-order chi connectivity index (χ0) is 13.6. The minimum atomic E-state index is -3.11. The highest BCUT2D eigenvalue weighted by Gasteiger charge is 2.24. The topological polar surface area (TPSA) is 52.7 Å². The number of sulfonamides is 1. The normalized spacial score (nSPS) is 18.7. The SMILES string of the molecule is CCC(CC)N(C)S(=O)(=O)CCN1CCNCC1. The average Bonchev–Trinajstić information content (AvgIpc) is 2.39. The first-order valence-corrected chi connectivity index (χ1v) is 8.51. The fourth-order valence-electron chi connectivity index (χ4n) is 2.35. The van der Waals surface area contributed by atoms with Gasteiger partial charge in [0.1, 0.15) is 0 Å². The summed E-state index contributed by atoms with van der Waals surface area (Å²) in [5, 5.41) is 3.27. The van der Waals surface area contributed by atoms with E-state index in [9.17, 15) is 8.42 Å². The van der Waals surface area contributed by atoms with E-state index in [2.05, 4.69) is 10.2 Å². The van der Waals surface area contributed by atoms with E-state index in [0.717, 1.165) is 39.0 Å². The van der Waals surface area contributed by atoms with E-state index in [1.165, 1.54) is 0 Å². The van der Waals surface area contributed by atoms with Crippen molar-refractivity contribution in [2.75, 3.05) is 45.5 Å². The summed E-state index contributed by atoms with van der Waals surface area (Å²) in [5.74, 6) is 0.236. The molecule has 0 atom stereocenters. The molecule has 18 heavy (non-hydrogen) atoms. The van der Waals surface area contributed by atoms with Crippen molar-refractivity contribution in [2.24, 2.45) is 0 Å². The minimum absolute atomic E-state index is 0.137. The molecule has 0 saturated carbocycles. The lowest BCUT2D eigenvalue weighted by Crippen LogP contribution is -2.46. The largest absolute Gasteiger partial charge is 0.314 e. The molecular weight excluding hydrogens is 250 g/mol. The Morgan fingerprint density at radius 2 is 1.78 bits per heavy atom. The lowest BCUT2D eigenvalue weighted by atomic mass is 10.2. The summed E-state index contributed by atoms with van der Waals surface area (Å²) in [6.07, 6.45) is 1.75. The summed E-state index contributed by atoms with van der Waals surface area (Å²) < 4.78 is 26.0. The van der Waals surface area contributed by atoms with Crippen molar-refractivity contribution in [3.05, 3.63) is 0 Å². The fourth-order valence-corrected chi connectivity index (χ4v) is 3.88. The molecule has 0 amide bonds. The Kier molecular flexibility index (Phi) is 6.55. The Labute approximate surface area is 112 Å². The van der Waals surface area contributed by atoms with Gasteiger partial charge in [-0.25, -0.2) is 12.7 Å². The standard InChI is InChI=1S/C12H27N3O2S/c1-4-12(5-2)14(3)18(16,17)11-10-15-8-6-13-7-9-15/h12-13H,4-11H2,1-3H3. The van der Waals surface area contributed by atoms with Gasteiger partial charge in [-0.15, -0.1) is 0 Å². The molecule has 0 aromatic heterocycles. The van der Waals surface area contributed by atoms with Crippen LogP contribution in [0.4, 0.5) is 0 Å². The van der Waals surface area contributed by atoms with Gasteiger partial charge in [0.2, 0.25) is 10.0 Å². The van der Waals surface area contributed by atoms with Gasteiger partial charge in [-0.1, -0.05) is 13.8 Å².